The van der Waals surface area contributed by atoms with Gasteiger partial charge in [-0.1, -0.05) is 13.3 Å². The van der Waals surface area contributed by atoms with Crippen molar-refractivity contribution in [1.82, 2.24) is 9.91 Å². The number of amides is 1. The molecular formula is C16H24F3N3O3. The van der Waals surface area contributed by atoms with E-state index in [1.54, 1.807) is 6.92 Å². The molecule has 25 heavy (non-hydrogen) atoms. The maximum Gasteiger partial charge on any atom is 0.439 e. The summed E-state index contributed by atoms with van der Waals surface area (Å²) in [6, 6.07) is 0. The first-order valence-corrected chi connectivity index (χ1v) is 8.75. The van der Waals surface area contributed by atoms with Gasteiger partial charge in [-0.25, -0.2) is 0 Å². The van der Waals surface area contributed by atoms with Crippen LogP contribution in [0, 0.1) is 11.8 Å². The van der Waals surface area contributed by atoms with E-state index in [9.17, 15) is 23.1 Å². The van der Waals surface area contributed by atoms with E-state index in [4.69, 9.17) is 4.74 Å². The average molecular weight is 363 g/mol. The lowest BCUT2D eigenvalue weighted by molar-refractivity contribution is -0.317. The highest BCUT2D eigenvalue weighted by Gasteiger charge is 2.68. The molecule has 0 aromatic rings. The molecule has 2 heterocycles. The van der Waals surface area contributed by atoms with Crippen LogP contribution in [-0.4, -0.2) is 71.4 Å². The van der Waals surface area contributed by atoms with Crippen LogP contribution in [0.25, 0.3) is 0 Å². The Kier molecular flexibility index (Phi) is 5.09. The summed E-state index contributed by atoms with van der Waals surface area (Å²) in [6.45, 7) is 4.26. The third kappa shape index (κ3) is 3.29. The molecular weight excluding hydrogens is 339 g/mol. The number of carbonyl (C=O) groups excluding carboxylic acids is 1. The van der Waals surface area contributed by atoms with Crippen molar-refractivity contribution in [3.63, 3.8) is 0 Å². The quantitative estimate of drug-likeness (QED) is 0.827. The van der Waals surface area contributed by atoms with Crippen LogP contribution in [0.4, 0.5) is 13.2 Å². The minimum Gasteiger partial charge on any atom is -0.379 e. The van der Waals surface area contributed by atoms with E-state index in [0.717, 1.165) is 6.42 Å². The number of alkyl halides is 3. The van der Waals surface area contributed by atoms with Gasteiger partial charge in [0.2, 0.25) is 5.91 Å². The highest BCUT2D eigenvalue weighted by molar-refractivity contribution is 5.93. The van der Waals surface area contributed by atoms with Crippen molar-refractivity contribution >= 4 is 11.6 Å². The molecule has 1 N–H and O–H groups in total. The van der Waals surface area contributed by atoms with E-state index in [1.165, 1.54) is 0 Å². The monoisotopic (exact) mass is 363 g/mol. The Bertz CT molecular complexity index is 548. The van der Waals surface area contributed by atoms with Crippen LogP contribution < -0.4 is 0 Å². The molecule has 6 nitrogen and oxygen atoms in total. The molecule has 1 saturated carbocycles. The van der Waals surface area contributed by atoms with Gasteiger partial charge in [-0.05, 0) is 19.3 Å². The molecule has 142 valence electrons. The van der Waals surface area contributed by atoms with Crippen LogP contribution in [0.1, 0.15) is 32.6 Å². The van der Waals surface area contributed by atoms with Gasteiger partial charge in [0.25, 0.3) is 5.72 Å². The molecule has 3 rings (SSSR count). The van der Waals surface area contributed by atoms with E-state index >= 15 is 0 Å². The molecule has 0 unspecified atom stereocenters. The Morgan fingerprint density at radius 3 is 2.72 bits per heavy atom. The Balaban J connectivity index is 1.80. The summed E-state index contributed by atoms with van der Waals surface area (Å²) in [4.78, 5) is 14.7. The lowest BCUT2D eigenvalue weighted by Gasteiger charge is -2.39. The van der Waals surface area contributed by atoms with Gasteiger partial charge in [0.1, 0.15) is 0 Å². The van der Waals surface area contributed by atoms with Crippen molar-refractivity contribution in [2.24, 2.45) is 16.9 Å². The average Bonchev–Trinajstić information content (AvgIpc) is 2.89. The predicted octanol–water partition coefficient (Wildman–Crippen LogP) is 1.59. The Morgan fingerprint density at radius 2 is 2.08 bits per heavy atom. The fraction of sp³-hybridized carbons (Fsp3) is 0.875. The van der Waals surface area contributed by atoms with Crippen molar-refractivity contribution in [2.45, 2.75) is 44.5 Å². The second-order valence-corrected chi connectivity index (χ2v) is 7.08. The minimum atomic E-state index is -4.95. The number of hydrogen-bond acceptors (Lipinski definition) is 5. The van der Waals surface area contributed by atoms with Crippen LogP contribution in [0.3, 0.4) is 0 Å². The van der Waals surface area contributed by atoms with Gasteiger partial charge in [-0.2, -0.15) is 23.3 Å². The largest absolute Gasteiger partial charge is 0.439 e. The molecule has 0 bridgehead atoms. The van der Waals surface area contributed by atoms with Crippen molar-refractivity contribution in [1.29, 1.82) is 0 Å². The fourth-order valence-corrected chi connectivity index (χ4v) is 3.89. The molecule has 3 aliphatic rings. The second kappa shape index (κ2) is 6.85. The first-order chi connectivity index (χ1) is 11.7. The van der Waals surface area contributed by atoms with Crippen LogP contribution in [0.5, 0.6) is 0 Å². The standard InChI is InChI=1S/C16H24F3N3O3/c1-11(10-21-6-8-25-9-7-21)14(23)22-15(24,16(17,18)19)12-4-2-3-5-13(12)20-22/h11-12,24H,2-10H2,1H3/t11-,12+,15-/m1/s1. The van der Waals surface area contributed by atoms with Crippen LogP contribution >= 0.6 is 0 Å². The number of ether oxygens (including phenoxy) is 1. The number of hydrogen-bond donors (Lipinski definition) is 1. The lowest BCUT2D eigenvalue weighted by atomic mass is 9.80. The first-order valence-electron chi connectivity index (χ1n) is 8.75. The minimum absolute atomic E-state index is 0.191. The number of morpholine rings is 1. The smallest absolute Gasteiger partial charge is 0.379 e. The summed E-state index contributed by atoms with van der Waals surface area (Å²) in [5.41, 5.74) is -2.93. The van der Waals surface area contributed by atoms with E-state index in [0.29, 0.717) is 50.7 Å². The predicted molar refractivity (Wildman–Crippen MR) is 83.7 cm³/mol. The summed E-state index contributed by atoms with van der Waals surface area (Å²) < 4.78 is 46.3. The van der Waals surface area contributed by atoms with E-state index < -0.39 is 29.6 Å². The number of fused-ring (bicyclic) bond motifs is 1. The molecule has 2 aliphatic heterocycles. The molecule has 3 atom stereocenters. The number of hydrazone groups is 1. The summed E-state index contributed by atoms with van der Waals surface area (Å²) in [7, 11) is 0. The summed E-state index contributed by atoms with van der Waals surface area (Å²) >= 11 is 0. The molecule has 0 aromatic heterocycles. The highest BCUT2D eigenvalue weighted by Crippen LogP contribution is 2.48. The van der Waals surface area contributed by atoms with Gasteiger partial charge in [0.05, 0.1) is 19.1 Å². The van der Waals surface area contributed by atoms with Gasteiger partial charge >= 0.3 is 6.18 Å². The van der Waals surface area contributed by atoms with E-state index in [2.05, 4.69) is 5.10 Å². The van der Waals surface area contributed by atoms with Gasteiger partial charge in [-0.15, -0.1) is 0 Å². The van der Waals surface area contributed by atoms with Crippen molar-refractivity contribution < 1.29 is 27.8 Å². The topological polar surface area (TPSA) is 65.4 Å². The van der Waals surface area contributed by atoms with Crippen LogP contribution in [-0.2, 0) is 9.53 Å². The Morgan fingerprint density at radius 1 is 1.40 bits per heavy atom. The van der Waals surface area contributed by atoms with Crippen molar-refractivity contribution in [3.05, 3.63) is 0 Å². The molecule has 2 fully saturated rings. The summed E-state index contributed by atoms with van der Waals surface area (Å²) in [5, 5.41) is 14.8. The number of rotatable bonds is 3. The van der Waals surface area contributed by atoms with Crippen LogP contribution in [0.2, 0.25) is 0 Å². The molecule has 1 aliphatic carbocycles. The molecule has 0 spiro atoms. The normalized spacial score (nSPS) is 32.3. The van der Waals surface area contributed by atoms with Gasteiger partial charge in [0.15, 0.2) is 0 Å². The number of nitrogens with zero attached hydrogens (tertiary/aromatic N) is 3. The number of halogens is 3. The Labute approximate surface area is 144 Å². The summed E-state index contributed by atoms with van der Waals surface area (Å²) in [6.07, 6.45) is -3.04. The molecule has 9 heteroatoms. The molecule has 0 aromatic carbocycles. The molecule has 1 saturated heterocycles. The zero-order valence-electron chi connectivity index (χ0n) is 14.3. The van der Waals surface area contributed by atoms with Crippen LogP contribution in [0.15, 0.2) is 5.10 Å². The highest BCUT2D eigenvalue weighted by atomic mass is 19.4. The van der Waals surface area contributed by atoms with Crippen molar-refractivity contribution in [3.8, 4) is 0 Å². The fourth-order valence-electron chi connectivity index (χ4n) is 3.89. The van der Waals surface area contributed by atoms with Gasteiger partial charge in [0, 0.05) is 31.3 Å². The third-order valence-electron chi connectivity index (χ3n) is 5.30. The number of carbonyl (C=O) groups is 1. The van der Waals surface area contributed by atoms with E-state index in [1.807, 2.05) is 4.90 Å². The van der Waals surface area contributed by atoms with Gasteiger partial charge < -0.3 is 9.84 Å². The maximum absolute atomic E-state index is 13.7. The van der Waals surface area contributed by atoms with Crippen molar-refractivity contribution in [2.75, 3.05) is 32.8 Å². The first kappa shape index (κ1) is 18.6. The lowest BCUT2D eigenvalue weighted by Crippen LogP contribution is -2.62. The zero-order chi connectivity index (χ0) is 18.2. The molecule has 1 amide bonds. The molecule has 0 radical (unpaired) electrons. The van der Waals surface area contributed by atoms with E-state index in [-0.39, 0.29) is 12.1 Å². The van der Waals surface area contributed by atoms with Gasteiger partial charge in [-0.3, -0.25) is 9.69 Å². The maximum atomic E-state index is 13.7. The zero-order valence-corrected chi connectivity index (χ0v) is 14.3. The number of aliphatic hydroxyl groups is 1. The second-order valence-electron chi connectivity index (χ2n) is 7.08. The third-order valence-corrected chi connectivity index (χ3v) is 5.30. The Hall–Kier alpha value is -1.19. The summed E-state index contributed by atoms with van der Waals surface area (Å²) in [5.74, 6) is -2.63. The SMILES string of the molecule is C[C@H](CN1CCOCC1)C(=O)N1N=C2CCCC[C@@H]2[C@@]1(O)C(F)(F)F.